The lowest BCUT2D eigenvalue weighted by Crippen LogP contribution is -2.38. The van der Waals surface area contributed by atoms with Gasteiger partial charge in [-0.3, -0.25) is 9.78 Å². The molecule has 2 aromatic rings. The molecule has 1 aromatic heterocycles. The van der Waals surface area contributed by atoms with Crippen LogP contribution in [0.15, 0.2) is 36.0 Å². The lowest BCUT2D eigenvalue weighted by atomic mass is 10.1. The quantitative estimate of drug-likeness (QED) is 0.819. The third kappa shape index (κ3) is 4.54. The number of rotatable bonds is 7. The number of thiazole rings is 1. The van der Waals surface area contributed by atoms with E-state index in [1.165, 1.54) is 11.3 Å². The molecule has 2 N–H and O–H groups in total. The first-order chi connectivity index (χ1) is 10.2. The van der Waals surface area contributed by atoms with Gasteiger partial charge in [0.1, 0.15) is 5.75 Å². The van der Waals surface area contributed by atoms with Crippen LogP contribution in [0.3, 0.4) is 0 Å². The first-order valence-corrected chi connectivity index (χ1v) is 7.62. The van der Waals surface area contributed by atoms with Crippen LogP contribution >= 0.6 is 11.3 Å². The van der Waals surface area contributed by atoms with Crippen molar-refractivity contribution >= 4 is 17.2 Å². The third-order valence-electron chi connectivity index (χ3n) is 2.91. The molecule has 1 atom stereocenters. The Balaban J connectivity index is 1.95. The van der Waals surface area contributed by atoms with E-state index in [0.29, 0.717) is 18.6 Å². The molecular formula is C15H18N2O3S. The molecule has 0 saturated heterocycles. The molecular weight excluding hydrogens is 288 g/mol. The molecule has 0 bridgehead atoms. The van der Waals surface area contributed by atoms with Gasteiger partial charge in [0.15, 0.2) is 0 Å². The molecule has 0 fully saturated rings. The van der Waals surface area contributed by atoms with Crippen molar-refractivity contribution in [2.24, 2.45) is 0 Å². The van der Waals surface area contributed by atoms with Crippen LogP contribution in [0.1, 0.15) is 22.2 Å². The second kappa shape index (κ2) is 7.75. The number of carbonyl (C=O) groups excluding carboxylic acids is 1. The number of nitrogens with zero attached hydrogens (tertiary/aromatic N) is 1. The Morgan fingerprint density at radius 3 is 2.76 bits per heavy atom. The van der Waals surface area contributed by atoms with Crippen molar-refractivity contribution in [1.82, 2.24) is 10.3 Å². The Bertz CT molecular complexity index is 555. The van der Waals surface area contributed by atoms with Crippen LogP contribution in [-0.2, 0) is 6.42 Å². The molecule has 1 amide bonds. The topological polar surface area (TPSA) is 71.5 Å². The predicted molar refractivity (Wildman–Crippen MR) is 81.8 cm³/mol. The highest BCUT2D eigenvalue weighted by molar-refractivity contribution is 7.09. The Hall–Kier alpha value is -1.92. The normalized spacial score (nSPS) is 11.9. The number of nitrogens with one attached hydrogen (secondary N) is 1. The van der Waals surface area contributed by atoms with Gasteiger partial charge in [0.05, 0.1) is 24.8 Å². The maximum absolute atomic E-state index is 12.1. The fraction of sp³-hybridized carbons (Fsp3) is 0.333. The fourth-order valence-corrected chi connectivity index (χ4v) is 2.56. The van der Waals surface area contributed by atoms with Crippen LogP contribution in [0.5, 0.6) is 5.75 Å². The van der Waals surface area contributed by atoms with Crippen LogP contribution < -0.4 is 10.1 Å². The predicted octanol–water partition coefficient (Wildman–Crippen LogP) is 1.88. The number of aliphatic hydroxyl groups is 1. The smallest absolute Gasteiger partial charge is 0.251 e. The zero-order chi connectivity index (χ0) is 15.1. The van der Waals surface area contributed by atoms with Crippen LogP contribution in [0.2, 0.25) is 0 Å². The number of hydrogen-bond acceptors (Lipinski definition) is 5. The minimum atomic E-state index is -0.315. The molecule has 2 rings (SSSR count). The summed E-state index contributed by atoms with van der Waals surface area (Å²) in [6.45, 7) is 2.39. The summed E-state index contributed by atoms with van der Waals surface area (Å²) in [6, 6.07) is 6.62. The molecule has 1 unspecified atom stereocenters. The molecule has 0 radical (unpaired) electrons. The van der Waals surface area contributed by atoms with Gasteiger partial charge >= 0.3 is 0 Å². The summed E-state index contributed by atoms with van der Waals surface area (Å²) in [5, 5.41) is 12.2. The lowest BCUT2D eigenvalue weighted by molar-refractivity contribution is 0.0916. The minimum Gasteiger partial charge on any atom is -0.494 e. The number of aliphatic hydroxyl groups excluding tert-OH is 1. The largest absolute Gasteiger partial charge is 0.494 e. The molecule has 0 aliphatic heterocycles. The van der Waals surface area contributed by atoms with Crippen LogP contribution in [0, 0.1) is 0 Å². The van der Waals surface area contributed by atoms with E-state index in [9.17, 15) is 9.90 Å². The van der Waals surface area contributed by atoms with E-state index in [1.54, 1.807) is 36.0 Å². The number of benzene rings is 1. The standard InChI is InChI=1S/C15H18N2O3S/c1-2-20-13-5-3-11(4-6-13)15(19)17-12(9-18)7-14-8-16-10-21-14/h3-6,8,10,12,18H,2,7,9H2,1H3,(H,17,19). The van der Waals surface area contributed by atoms with E-state index in [-0.39, 0.29) is 18.6 Å². The van der Waals surface area contributed by atoms with E-state index < -0.39 is 0 Å². The van der Waals surface area contributed by atoms with E-state index in [4.69, 9.17) is 4.74 Å². The summed E-state index contributed by atoms with van der Waals surface area (Å²) < 4.78 is 5.34. The summed E-state index contributed by atoms with van der Waals surface area (Å²) in [7, 11) is 0. The number of ether oxygens (including phenoxy) is 1. The van der Waals surface area contributed by atoms with Gasteiger partial charge in [0.2, 0.25) is 0 Å². The molecule has 5 nitrogen and oxygen atoms in total. The molecule has 0 aliphatic carbocycles. The molecule has 0 aliphatic rings. The van der Waals surface area contributed by atoms with Crippen LogP contribution in [0.4, 0.5) is 0 Å². The van der Waals surface area contributed by atoms with Crippen molar-refractivity contribution in [2.45, 2.75) is 19.4 Å². The van der Waals surface area contributed by atoms with Crippen molar-refractivity contribution in [3.63, 3.8) is 0 Å². The van der Waals surface area contributed by atoms with Gasteiger partial charge in [-0.2, -0.15) is 0 Å². The summed E-state index contributed by atoms with van der Waals surface area (Å²) in [5.74, 6) is 0.527. The van der Waals surface area contributed by atoms with E-state index in [2.05, 4.69) is 10.3 Å². The molecule has 21 heavy (non-hydrogen) atoms. The van der Waals surface area contributed by atoms with E-state index in [0.717, 1.165) is 10.6 Å². The maximum atomic E-state index is 12.1. The summed E-state index contributed by atoms with van der Waals surface area (Å²) >= 11 is 1.51. The van der Waals surface area contributed by atoms with Gasteiger partial charge < -0.3 is 15.2 Å². The van der Waals surface area contributed by atoms with Crippen molar-refractivity contribution in [2.75, 3.05) is 13.2 Å². The summed E-state index contributed by atoms with van der Waals surface area (Å²) in [4.78, 5) is 17.1. The average molecular weight is 306 g/mol. The number of aromatic nitrogens is 1. The Morgan fingerprint density at radius 1 is 1.43 bits per heavy atom. The monoisotopic (exact) mass is 306 g/mol. The Labute approximate surface area is 127 Å². The second-order valence-electron chi connectivity index (χ2n) is 4.48. The van der Waals surface area contributed by atoms with Gasteiger partial charge in [-0.1, -0.05) is 0 Å². The highest BCUT2D eigenvalue weighted by Gasteiger charge is 2.14. The van der Waals surface area contributed by atoms with Crippen molar-refractivity contribution in [3.05, 3.63) is 46.4 Å². The van der Waals surface area contributed by atoms with Gasteiger partial charge in [0, 0.05) is 23.1 Å². The number of carbonyl (C=O) groups is 1. The minimum absolute atomic E-state index is 0.110. The van der Waals surface area contributed by atoms with Crippen molar-refractivity contribution in [3.8, 4) is 5.75 Å². The van der Waals surface area contributed by atoms with Gasteiger partial charge in [-0.25, -0.2) is 0 Å². The van der Waals surface area contributed by atoms with Gasteiger partial charge in [0.25, 0.3) is 5.91 Å². The zero-order valence-electron chi connectivity index (χ0n) is 11.8. The highest BCUT2D eigenvalue weighted by Crippen LogP contribution is 2.13. The summed E-state index contributed by atoms with van der Waals surface area (Å²) in [5.41, 5.74) is 2.28. The maximum Gasteiger partial charge on any atom is 0.251 e. The van der Waals surface area contributed by atoms with Crippen molar-refractivity contribution in [1.29, 1.82) is 0 Å². The van der Waals surface area contributed by atoms with Crippen LogP contribution in [0.25, 0.3) is 0 Å². The number of hydrogen-bond donors (Lipinski definition) is 2. The average Bonchev–Trinajstić information content (AvgIpc) is 3.00. The van der Waals surface area contributed by atoms with Crippen LogP contribution in [-0.4, -0.2) is 35.3 Å². The SMILES string of the molecule is CCOc1ccc(C(=O)NC(CO)Cc2cncs2)cc1. The van der Waals surface area contributed by atoms with Crippen molar-refractivity contribution < 1.29 is 14.6 Å². The molecule has 112 valence electrons. The third-order valence-corrected chi connectivity index (χ3v) is 3.72. The molecule has 0 saturated carbocycles. The highest BCUT2D eigenvalue weighted by atomic mass is 32.1. The van der Waals surface area contributed by atoms with E-state index in [1.807, 2.05) is 6.92 Å². The molecule has 1 heterocycles. The van der Waals surface area contributed by atoms with E-state index >= 15 is 0 Å². The van der Waals surface area contributed by atoms with Gasteiger partial charge in [-0.05, 0) is 31.2 Å². The summed E-state index contributed by atoms with van der Waals surface area (Å²) in [6.07, 6.45) is 2.32. The molecule has 1 aromatic carbocycles. The molecule has 6 heteroatoms. The van der Waals surface area contributed by atoms with Gasteiger partial charge in [-0.15, -0.1) is 11.3 Å². The second-order valence-corrected chi connectivity index (χ2v) is 5.45. The number of amides is 1. The lowest BCUT2D eigenvalue weighted by Gasteiger charge is -2.15. The first kappa shape index (κ1) is 15.5. The first-order valence-electron chi connectivity index (χ1n) is 6.75. The Morgan fingerprint density at radius 2 is 2.19 bits per heavy atom. The Kier molecular flexibility index (Phi) is 5.71. The fourth-order valence-electron chi connectivity index (χ4n) is 1.88. The zero-order valence-corrected chi connectivity index (χ0v) is 12.6. The molecule has 0 spiro atoms.